The Bertz CT molecular complexity index is 816. The number of allylic oxidation sites excluding steroid dienone is 1. The van der Waals surface area contributed by atoms with Crippen molar-refractivity contribution in [1.82, 2.24) is 10.3 Å². The maximum absolute atomic E-state index is 11.8. The van der Waals surface area contributed by atoms with E-state index in [1.54, 1.807) is 24.6 Å². The molecular formula is C17H16ClN3O3S. The Morgan fingerprint density at radius 2 is 2.12 bits per heavy atom. The van der Waals surface area contributed by atoms with Crippen LogP contribution in [0.3, 0.4) is 0 Å². The number of hydrogen-bond acceptors (Lipinski definition) is 7. The number of benzene rings is 1. The van der Waals surface area contributed by atoms with Gasteiger partial charge in [-0.25, -0.2) is 14.8 Å². The maximum atomic E-state index is 11.8. The van der Waals surface area contributed by atoms with Gasteiger partial charge in [-0.3, -0.25) is 0 Å². The zero-order valence-corrected chi connectivity index (χ0v) is 15.2. The summed E-state index contributed by atoms with van der Waals surface area (Å²) in [5.74, 6) is 1.01. The van der Waals surface area contributed by atoms with Crippen LogP contribution in [0, 0.1) is 0 Å². The first-order valence-corrected chi connectivity index (χ1v) is 8.94. The molecule has 1 aliphatic heterocycles. The van der Waals surface area contributed by atoms with Crippen LogP contribution in [0.15, 0.2) is 51.6 Å². The number of ether oxygens (including phenoxy) is 2. The van der Waals surface area contributed by atoms with E-state index in [1.165, 1.54) is 11.3 Å². The van der Waals surface area contributed by atoms with E-state index in [1.807, 2.05) is 24.4 Å². The molecule has 0 saturated heterocycles. The van der Waals surface area contributed by atoms with Crippen LogP contribution in [-0.2, 0) is 9.47 Å². The van der Waals surface area contributed by atoms with Crippen molar-refractivity contribution >= 4 is 34.9 Å². The Kier molecular flexibility index (Phi) is 5.35. The number of thiazole rings is 1. The number of aliphatic imine (C=N–C) groups is 1. The van der Waals surface area contributed by atoms with E-state index >= 15 is 0 Å². The number of carbonyl (C=O) groups excluding carboxylic acids is 1. The average Bonchev–Trinajstić information content (AvgIpc) is 3.12. The quantitative estimate of drug-likeness (QED) is 0.804. The molecule has 0 fully saturated rings. The van der Waals surface area contributed by atoms with Crippen LogP contribution in [0.4, 0.5) is 4.79 Å². The highest BCUT2D eigenvalue weighted by molar-refractivity contribution is 7.07. The van der Waals surface area contributed by atoms with Gasteiger partial charge in [0.2, 0.25) is 0 Å². The summed E-state index contributed by atoms with van der Waals surface area (Å²) in [5.41, 5.74) is 3.99. The number of nitrogens with one attached hydrogen (secondary N) is 1. The molecule has 8 heteroatoms. The van der Waals surface area contributed by atoms with Gasteiger partial charge in [0.15, 0.2) is 11.6 Å². The highest BCUT2D eigenvalue weighted by Gasteiger charge is 2.29. The van der Waals surface area contributed by atoms with Gasteiger partial charge in [0, 0.05) is 10.4 Å². The van der Waals surface area contributed by atoms with Crippen molar-refractivity contribution < 1.29 is 14.3 Å². The molecule has 0 bridgehead atoms. The monoisotopic (exact) mass is 377 g/mol. The fourth-order valence-corrected chi connectivity index (χ4v) is 3.03. The van der Waals surface area contributed by atoms with Gasteiger partial charge in [0.1, 0.15) is 11.7 Å². The first kappa shape index (κ1) is 17.4. The number of hydrogen-bond donors (Lipinski definition) is 1. The predicted molar refractivity (Wildman–Crippen MR) is 96.8 cm³/mol. The fourth-order valence-electron chi connectivity index (χ4n) is 2.36. The summed E-state index contributed by atoms with van der Waals surface area (Å²) in [6.07, 6.45) is -0.759. The van der Waals surface area contributed by atoms with Crippen LogP contribution in [0.5, 0.6) is 0 Å². The lowest BCUT2D eigenvalue weighted by Gasteiger charge is -2.25. The highest BCUT2D eigenvalue weighted by atomic mass is 35.5. The molecule has 130 valence electrons. The summed E-state index contributed by atoms with van der Waals surface area (Å²) >= 11 is 7.46. The average molecular weight is 378 g/mol. The van der Waals surface area contributed by atoms with Gasteiger partial charge < -0.3 is 14.8 Å². The Labute approximate surface area is 154 Å². The smallest absolute Gasteiger partial charge is 0.434 e. The second kappa shape index (κ2) is 7.67. The summed E-state index contributed by atoms with van der Waals surface area (Å²) in [4.78, 5) is 20.8. The van der Waals surface area contributed by atoms with Crippen LogP contribution in [0.1, 0.15) is 31.1 Å². The summed E-state index contributed by atoms with van der Waals surface area (Å²) < 4.78 is 10.3. The molecule has 6 nitrogen and oxygen atoms in total. The van der Waals surface area contributed by atoms with E-state index in [-0.39, 0.29) is 6.61 Å². The molecule has 1 aromatic carbocycles. The van der Waals surface area contributed by atoms with Crippen molar-refractivity contribution in [3.05, 3.63) is 62.9 Å². The van der Waals surface area contributed by atoms with E-state index in [0.29, 0.717) is 22.3 Å². The van der Waals surface area contributed by atoms with Crippen LogP contribution in [0.25, 0.3) is 0 Å². The Morgan fingerprint density at radius 3 is 2.76 bits per heavy atom. The minimum atomic E-state index is -0.759. The first-order valence-electron chi connectivity index (χ1n) is 7.62. The molecule has 2 heterocycles. The Morgan fingerprint density at radius 1 is 1.36 bits per heavy atom. The SMILES string of the molecule is CCOC(=O)OC1=C(C)NC(c2cscn2)=NC1c1ccc(Cl)cc1. The second-order valence-corrected chi connectivity index (χ2v) is 6.36. The molecule has 2 aromatic rings. The maximum Gasteiger partial charge on any atom is 0.513 e. The number of carbonyl (C=O) groups is 1. The fraction of sp³-hybridized carbons (Fsp3) is 0.235. The number of aromatic nitrogens is 1. The lowest BCUT2D eigenvalue weighted by molar-refractivity contribution is 0.0763. The molecule has 0 amide bonds. The highest BCUT2D eigenvalue weighted by Crippen LogP contribution is 2.33. The van der Waals surface area contributed by atoms with Crippen LogP contribution in [-0.4, -0.2) is 23.6 Å². The van der Waals surface area contributed by atoms with Gasteiger partial charge in [-0.2, -0.15) is 0 Å². The Hall–Kier alpha value is -2.38. The molecular weight excluding hydrogens is 362 g/mol. The minimum Gasteiger partial charge on any atom is -0.434 e. The zero-order chi connectivity index (χ0) is 17.8. The van der Waals surface area contributed by atoms with Gasteiger partial charge in [-0.1, -0.05) is 23.7 Å². The van der Waals surface area contributed by atoms with Crippen molar-refractivity contribution in [1.29, 1.82) is 0 Å². The molecule has 1 unspecified atom stereocenters. The Balaban J connectivity index is 1.98. The standard InChI is InChI=1S/C17H16ClN3O3S/c1-3-23-17(22)24-15-10(2)20-16(13-8-25-9-19-13)21-14(15)11-4-6-12(18)7-5-11/h4-9,14H,3H2,1-2H3,(H,20,21). The molecule has 1 aliphatic rings. The van der Waals surface area contributed by atoms with Crippen LogP contribution >= 0.6 is 22.9 Å². The van der Waals surface area contributed by atoms with Gasteiger partial charge in [0.05, 0.1) is 17.8 Å². The van der Waals surface area contributed by atoms with Crippen molar-refractivity contribution in [3.63, 3.8) is 0 Å². The summed E-state index contributed by atoms with van der Waals surface area (Å²) in [6, 6.07) is 6.74. The summed E-state index contributed by atoms with van der Waals surface area (Å²) in [6.45, 7) is 3.77. The van der Waals surface area contributed by atoms with Gasteiger partial charge >= 0.3 is 6.16 Å². The molecule has 0 spiro atoms. The normalized spacial score (nSPS) is 16.9. The number of halogens is 1. The topological polar surface area (TPSA) is 72.8 Å². The predicted octanol–water partition coefficient (Wildman–Crippen LogP) is 4.29. The molecule has 25 heavy (non-hydrogen) atoms. The van der Waals surface area contributed by atoms with Crippen LogP contribution < -0.4 is 5.32 Å². The summed E-state index contributed by atoms with van der Waals surface area (Å²) in [5, 5.41) is 5.66. The van der Waals surface area contributed by atoms with Gasteiger partial charge in [-0.15, -0.1) is 11.3 Å². The third-order valence-corrected chi connectivity index (χ3v) is 4.34. The second-order valence-electron chi connectivity index (χ2n) is 5.20. The van der Waals surface area contributed by atoms with Crippen molar-refractivity contribution in [2.75, 3.05) is 6.61 Å². The van der Waals surface area contributed by atoms with Gasteiger partial charge in [-0.05, 0) is 31.5 Å². The summed E-state index contributed by atoms with van der Waals surface area (Å²) in [7, 11) is 0. The van der Waals surface area contributed by atoms with E-state index in [4.69, 9.17) is 21.1 Å². The molecule has 1 atom stereocenters. The third-order valence-electron chi connectivity index (χ3n) is 3.50. The van der Waals surface area contributed by atoms with Gasteiger partial charge in [0.25, 0.3) is 0 Å². The molecule has 0 radical (unpaired) electrons. The lowest BCUT2D eigenvalue weighted by atomic mass is 10.0. The molecule has 3 rings (SSSR count). The first-order chi connectivity index (χ1) is 12.1. The van der Waals surface area contributed by atoms with Crippen molar-refractivity contribution in [2.45, 2.75) is 19.9 Å². The largest absolute Gasteiger partial charge is 0.513 e. The third kappa shape index (κ3) is 4.00. The molecule has 1 N–H and O–H groups in total. The molecule has 1 aromatic heterocycles. The van der Waals surface area contributed by atoms with E-state index in [2.05, 4.69) is 15.3 Å². The number of rotatable bonds is 4. The van der Waals surface area contributed by atoms with Crippen molar-refractivity contribution in [2.24, 2.45) is 4.99 Å². The number of amidine groups is 1. The van der Waals surface area contributed by atoms with E-state index < -0.39 is 12.2 Å². The zero-order valence-electron chi connectivity index (χ0n) is 13.7. The van der Waals surface area contributed by atoms with E-state index in [0.717, 1.165) is 11.3 Å². The van der Waals surface area contributed by atoms with E-state index in [9.17, 15) is 4.79 Å². The minimum absolute atomic E-state index is 0.234. The van der Waals surface area contributed by atoms with Crippen molar-refractivity contribution in [3.8, 4) is 0 Å². The molecule has 0 aliphatic carbocycles. The van der Waals surface area contributed by atoms with Crippen LogP contribution in [0.2, 0.25) is 5.02 Å². The lowest BCUT2D eigenvalue weighted by Crippen LogP contribution is -2.31. The number of nitrogens with zero attached hydrogens (tertiary/aromatic N) is 2. The molecule has 0 saturated carbocycles.